The molecular formula is C24H38N8O7S. The molecule has 0 heterocycles. The fourth-order valence-corrected chi connectivity index (χ4v) is 3.95. The number of benzene rings is 1. The smallest absolute Gasteiger partial charge is 0.326 e. The van der Waals surface area contributed by atoms with Crippen molar-refractivity contribution in [3.05, 3.63) is 29.8 Å². The Bertz CT molecular complexity index is 1050. The summed E-state index contributed by atoms with van der Waals surface area (Å²) in [5, 5.41) is 26.1. The molecule has 0 aliphatic carbocycles. The lowest BCUT2D eigenvalue weighted by Crippen LogP contribution is -2.58. The molecule has 4 atom stereocenters. The molecule has 0 aliphatic rings. The van der Waals surface area contributed by atoms with Gasteiger partial charge in [0.05, 0.1) is 12.5 Å². The molecule has 0 saturated carbocycles. The molecule has 0 spiro atoms. The highest BCUT2D eigenvalue weighted by atomic mass is 32.2. The summed E-state index contributed by atoms with van der Waals surface area (Å²) in [5.74, 6) is -4.28. The van der Waals surface area contributed by atoms with E-state index in [1.807, 2.05) is 0 Å². The molecule has 1 aromatic carbocycles. The van der Waals surface area contributed by atoms with Crippen LogP contribution in [-0.4, -0.2) is 88.5 Å². The van der Waals surface area contributed by atoms with Gasteiger partial charge in [0.2, 0.25) is 23.6 Å². The van der Waals surface area contributed by atoms with Gasteiger partial charge >= 0.3 is 5.97 Å². The van der Waals surface area contributed by atoms with Crippen molar-refractivity contribution in [2.75, 3.05) is 18.6 Å². The van der Waals surface area contributed by atoms with E-state index in [0.717, 1.165) is 0 Å². The quantitative estimate of drug-likeness (QED) is 0.0495. The first-order valence-electron chi connectivity index (χ1n) is 12.3. The lowest BCUT2D eigenvalue weighted by Gasteiger charge is -2.24. The van der Waals surface area contributed by atoms with E-state index in [9.17, 15) is 34.2 Å². The first-order chi connectivity index (χ1) is 18.8. The van der Waals surface area contributed by atoms with Crippen LogP contribution in [0, 0.1) is 0 Å². The van der Waals surface area contributed by atoms with Crippen molar-refractivity contribution in [2.45, 2.75) is 56.3 Å². The molecule has 0 aromatic heterocycles. The number of thioether (sulfide) groups is 1. The van der Waals surface area contributed by atoms with Crippen LogP contribution in [0.5, 0.6) is 5.75 Å². The fourth-order valence-electron chi connectivity index (χ4n) is 3.48. The number of nitrogens with zero attached hydrogens (tertiary/aromatic N) is 1. The molecule has 13 N–H and O–H groups in total. The van der Waals surface area contributed by atoms with Crippen LogP contribution < -0.4 is 38.9 Å². The molecular weight excluding hydrogens is 544 g/mol. The molecule has 0 bridgehead atoms. The predicted octanol–water partition coefficient (Wildman–Crippen LogP) is -2.52. The van der Waals surface area contributed by atoms with E-state index in [1.165, 1.54) is 23.9 Å². The van der Waals surface area contributed by atoms with Gasteiger partial charge < -0.3 is 49.1 Å². The second kappa shape index (κ2) is 17.5. The van der Waals surface area contributed by atoms with E-state index in [0.29, 0.717) is 11.3 Å². The van der Waals surface area contributed by atoms with E-state index >= 15 is 0 Å². The monoisotopic (exact) mass is 582 g/mol. The lowest BCUT2D eigenvalue weighted by molar-refractivity contribution is -0.142. The first kappa shape index (κ1) is 34.0. The van der Waals surface area contributed by atoms with Gasteiger partial charge in [-0.25, -0.2) is 4.79 Å². The summed E-state index contributed by atoms with van der Waals surface area (Å²) in [6.45, 7) is 0.141. The van der Waals surface area contributed by atoms with Gasteiger partial charge in [-0.05, 0) is 55.4 Å². The number of hydrogen-bond acceptors (Lipinski definition) is 9. The van der Waals surface area contributed by atoms with Crippen LogP contribution in [0.1, 0.15) is 31.2 Å². The molecule has 0 radical (unpaired) electrons. The Balaban J connectivity index is 3.03. The van der Waals surface area contributed by atoms with Crippen LogP contribution in [0.25, 0.3) is 0 Å². The number of carboxylic acid groups (broad SMARTS) is 1. The molecule has 222 valence electrons. The number of phenols is 1. The highest BCUT2D eigenvalue weighted by molar-refractivity contribution is 7.98. The van der Waals surface area contributed by atoms with Crippen molar-refractivity contribution in [1.82, 2.24) is 16.0 Å². The van der Waals surface area contributed by atoms with E-state index < -0.39 is 60.2 Å². The van der Waals surface area contributed by atoms with E-state index in [4.69, 9.17) is 22.9 Å². The maximum atomic E-state index is 13.2. The van der Waals surface area contributed by atoms with Crippen molar-refractivity contribution < 1.29 is 34.2 Å². The number of aromatic hydroxyl groups is 1. The van der Waals surface area contributed by atoms with Gasteiger partial charge in [-0.2, -0.15) is 11.8 Å². The Labute approximate surface area is 235 Å². The third kappa shape index (κ3) is 13.1. The van der Waals surface area contributed by atoms with E-state index in [2.05, 4.69) is 20.9 Å². The average Bonchev–Trinajstić information content (AvgIpc) is 2.88. The molecule has 0 saturated heterocycles. The van der Waals surface area contributed by atoms with Crippen LogP contribution in [0.3, 0.4) is 0 Å². The van der Waals surface area contributed by atoms with Gasteiger partial charge in [0.25, 0.3) is 0 Å². The number of aliphatic carboxylic acids is 1. The molecule has 15 nitrogen and oxygen atoms in total. The van der Waals surface area contributed by atoms with E-state index in [-0.39, 0.29) is 43.9 Å². The number of primary amides is 1. The summed E-state index contributed by atoms with van der Waals surface area (Å²) in [5.41, 5.74) is 22.6. The Morgan fingerprint density at radius 2 is 1.48 bits per heavy atom. The Hall–Kier alpha value is -4.05. The SMILES string of the molecule is CSCCC(NC(=O)C(CC(N)=O)NC(=O)C(CCCN=C(N)N)NC(=O)C(N)Cc1ccc(O)cc1)C(=O)O. The summed E-state index contributed by atoms with van der Waals surface area (Å²) in [7, 11) is 0. The average molecular weight is 583 g/mol. The number of phenolic OH excluding ortho intramolecular Hbond substituents is 1. The van der Waals surface area contributed by atoms with Crippen molar-refractivity contribution in [3.63, 3.8) is 0 Å². The molecule has 40 heavy (non-hydrogen) atoms. The summed E-state index contributed by atoms with van der Waals surface area (Å²) in [6, 6.07) is 1.07. The van der Waals surface area contributed by atoms with Gasteiger partial charge in [-0.1, -0.05) is 12.1 Å². The van der Waals surface area contributed by atoms with Crippen LogP contribution in [0.4, 0.5) is 0 Å². The molecule has 1 aromatic rings. The zero-order valence-electron chi connectivity index (χ0n) is 22.2. The minimum atomic E-state index is -1.50. The van der Waals surface area contributed by atoms with Gasteiger partial charge in [-0.15, -0.1) is 0 Å². The topological polar surface area (TPSA) is 278 Å². The van der Waals surface area contributed by atoms with Crippen molar-refractivity contribution in [3.8, 4) is 5.75 Å². The molecule has 1 rings (SSSR count). The summed E-state index contributed by atoms with van der Waals surface area (Å²) >= 11 is 1.38. The van der Waals surface area contributed by atoms with Crippen LogP contribution in [0.2, 0.25) is 0 Å². The zero-order valence-corrected chi connectivity index (χ0v) is 23.0. The van der Waals surface area contributed by atoms with Crippen molar-refractivity contribution in [2.24, 2.45) is 27.9 Å². The third-order valence-electron chi connectivity index (χ3n) is 5.57. The normalized spacial score (nSPS) is 13.7. The summed E-state index contributed by atoms with van der Waals surface area (Å²) < 4.78 is 0. The number of carbonyl (C=O) groups is 5. The second-order valence-corrected chi connectivity index (χ2v) is 9.89. The minimum Gasteiger partial charge on any atom is -0.508 e. The Morgan fingerprint density at radius 3 is 2.02 bits per heavy atom. The number of amides is 4. The van der Waals surface area contributed by atoms with Crippen molar-refractivity contribution >= 4 is 47.3 Å². The number of nitrogens with two attached hydrogens (primary N) is 4. The van der Waals surface area contributed by atoms with Gasteiger partial charge in [0, 0.05) is 6.54 Å². The van der Waals surface area contributed by atoms with Crippen LogP contribution >= 0.6 is 11.8 Å². The highest BCUT2D eigenvalue weighted by Crippen LogP contribution is 2.11. The van der Waals surface area contributed by atoms with Crippen LogP contribution in [0.15, 0.2) is 29.3 Å². The standard InChI is InChI=1S/C24H38N8O7S/c1-40-10-8-17(23(38)39)31-22(37)18(12-19(26)34)32-21(36)16(3-2-9-29-24(27)28)30-20(35)15(25)11-13-4-6-14(33)7-5-13/h4-7,15-18,33H,2-3,8-12,25H2,1H3,(H2,26,34)(H,30,35)(H,31,37)(H,32,36)(H,38,39)(H4,27,28,29). The lowest BCUT2D eigenvalue weighted by atomic mass is 10.0. The maximum Gasteiger partial charge on any atom is 0.326 e. The molecule has 4 amide bonds. The van der Waals surface area contributed by atoms with E-state index in [1.54, 1.807) is 18.4 Å². The summed E-state index contributed by atoms with van der Waals surface area (Å²) in [6.07, 6.45) is 1.68. The van der Waals surface area contributed by atoms with Crippen LogP contribution in [-0.2, 0) is 30.4 Å². The molecule has 0 fully saturated rings. The number of hydrogen-bond donors (Lipinski definition) is 9. The number of carbonyl (C=O) groups excluding carboxylic acids is 4. The maximum absolute atomic E-state index is 13.2. The number of rotatable bonds is 18. The number of aliphatic imine (C=N–C) groups is 1. The number of nitrogens with one attached hydrogen (secondary N) is 3. The third-order valence-corrected chi connectivity index (χ3v) is 6.21. The molecule has 4 unspecified atom stereocenters. The number of guanidine groups is 1. The molecule has 0 aliphatic heterocycles. The summed E-state index contributed by atoms with van der Waals surface area (Å²) in [4.78, 5) is 65.8. The first-order valence-corrected chi connectivity index (χ1v) is 13.7. The largest absolute Gasteiger partial charge is 0.508 e. The Morgan fingerprint density at radius 1 is 0.900 bits per heavy atom. The van der Waals surface area contributed by atoms with Gasteiger partial charge in [-0.3, -0.25) is 24.2 Å². The van der Waals surface area contributed by atoms with Gasteiger partial charge in [0.1, 0.15) is 23.9 Å². The Kier molecular flexibility index (Phi) is 14.9. The number of carboxylic acids is 1. The zero-order chi connectivity index (χ0) is 30.2. The molecule has 16 heteroatoms. The van der Waals surface area contributed by atoms with Gasteiger partial charge in [0.15, 0.2) is 5.96 Å². The van der Waals surface area contributed by atoms with Crippen molar-refractivity contribution in [1.29, 1.82) is 0 Å². The predicted molar refractivity (Wildman–Crippen MR) is 150 cm³/mol. The fraction of sp³-hybridized carbons (Fsp3) is 0.500. The highest BCUT2D eigenvalue weighted by Gasteiger charge is 2.31. The second-order valence-electron chi connectivity index (χ2n) is 8.90. The minimum absolute atomic E-state index is 0.0384.